The number of hydrogen-bond donors (Lipinski definition) is 1. The van der Waals surface area contributed by atoms with Crippen LogP contribution in [0.25, 0.3) is 6.08 Å². The molecule has 0 radical (unpaired) electrons. The van der Waals surface area contributed by atoms with Gasteiger partial charge in [-0.2, -0.15) is 13.2 Å². The fourth-order valence-corrected chi connectivity index (χ4v) is 1.57. The highest BCUT2D eigenvalue weighted by atomic mass is 79.9. The van der Waals surface area contributed by atoms with Crippen LogP contribution in [-0.4, -0.2) is 11.1 Å². The van der Waals surface area contributed by atoms with Crippen LogP contribution in [0.1, 0.15) is 11.1 Å². The minimum absolute atomic E-state index is 0.0104. The van der Waals surface area contributed by atoms with Gasteiger partial charge < -0.3 is 5.11 Å². The van der Waals surface area contributed by atoms with Crippen LogP contribution in [-0.2, 0) is 11.0 Å². The van der Waals surface area contributed by atoms with Crippen molar-refractivity contribution in [2.24, 2.45) is 0 Å². The van der Waals surface area contributed by atoms with Gasteiger partial charge in [-0.1, -0.05) is 15.9 Å². The van der Waals surface area contributed by atoms with E-state index in [0.717, 1.165) is 12.1 Å². The van der Waals surface area contributed by atoms with Crippen molar-refractivity contribution in [3.8, 4) is 0 Å². The van der Waals surface area contributed by atoms with Crippen molar-refractivity contribution < 1.29 is 27.5 Å². The molecule has 0 saturated heterocycles. The van der Waals surface area contributed by atoms with Crippen molar-refractivity contribution in [1.29, 1.82) is 0 Å². The molecule has 1 N–H and O–H groups in total. The molecule has 0 amide bonds. The summed E-state index contributed by atoms with van der Waals surface area (Å²) in [5, 5.41) is 8.32. The van der Waals surface area contributed by atoms with Gasteiger partial charge >= 0.3 is 12.1 Å². The summed E-state index contributed by atoms with van der Waals surface area (Å²) in [4.78, 5) is 10.2. The summed E-state index contributed by atoms with van der Waals surface area (Å²) in [7, 11) is 0. The van der Waals surface area contributed by atoms with Gasteiger partial charge in [-0.25, -0.2) is 9.18 Å². The number of carboxylic acids is 1. The molecule has 0 aliphatic carbocycles. The predicted octanol–water partition coefficient (Wildman–Crippen LogP) is 3.70. The van der Waals surface area contributed by atoms with Gasteiger partial charge in [-0.3, -0.25) is 0 Å². The molecule has 0 aliphatic heterocycles. The van der Waals surface area contributed by atoms with Gasteiger partial charge in [0.1, 0.15) is 5.82 Å². The van der Waals surface area contributed by atoms with E-state index in [4.69, 9.17) is 5.11 Å². The minimum Gasteiger partial charge on any atom is -0.478 e. The zero-order valence-electron chi connectivity index (χ0n) is 8.05. The lowest BCUT2D eigenvalue weighted by atomic mass is 10.1. The van der Waals surface area contributed by atoms with Gasteiger partial charge in [-0.05, 0) is 18.2 Å². The van der Waals surface area contributed by atoms with E-state index in [9.17, 15) is 22.4 Å². The second kappa shape index (κ2) is 4.87. The second-order valence-corrected chi connectivity index (χ2v) is 3.94. The van der Waals surface area contributed by atoms with Crippen molar-refractivity contribution in [2.45, 2.75) is 6.18 Å². The Morgan fingerprint density at radius 1 is 1.35 bits per heavy atom. The van der Waals surface area contributed by atoms with Crippen LogP contribution in [0.4, 0.5) is 17.6 Å². The Kier molecular flexibility index (Phi) is 3.92. The Hall–Kier alpha value is -1.37. The summed E-state index contributed by atoms with van der Waals surface area (Å²) in [6, 6.07) is 1.65. The molecule has 0 bridgehead atoms. The highest BCUT2D eigenvalue weighted by Gasteiger charge is 2.35. The van der Waals surface area contributed by atoms with Crippen LogP contribution in [0.15, 0.2) is 22.7 Å². The van der Waals surface area contributed by atoms with Crippen molar-refractivity contribution >= 4 is 28.0 Å². The first-order valence-electron chi connectivity index (χ1n) is 4.19. The van der Waals surface area contributed by atoms with E-state index in [-0.39, 0.29) is 4.47 Å². The summed E-state index contributed by atoms with van der Waals surface area (Å²) >= 11 is 2.80. The molecule has 0 saturated carbocycles. The lowest BCUT2D eigenvalue weighted by Crippen LogP contribution is -2.09. The molecule has 7 heteroatoms. The van der Waals surface area contributed by atoms with Gasteiger partial charge in [-0.15, -0.1) is 0 Å². The molecule has 0 atom stereocenters. The molecule has 0 fully saturated rings. The monoisotopic (exact) mass is 312 g/mol. The molecule has 1 rings (SSSR count). The zero-order chi connectivity index (χ0) is 13.2. The third kappa shape index (κ3) is 3.55. The lowest BCUT2D eigenvalue weighted by Gasteiger charge is -2.10. The number of benzene rings is 1. The van der Waals surface area contributed by atoms with Crippen LogP contribution < -0.4 is 0 Å². The summed E-state index contributed by atoms with van der Waals surface area (Å²) in [5.41, 5.74) is -1.90. The third-order valence-corrected chi connectivity index (χ3v) is 2.23. The summed E-state index contributed by atoms with van der Waals surface area (Å²) < 4.78 is 50.6. The van der Waals surface area contributed by atoms with Gasteiger partial charge in [0, 0.05) is 16.1 Å². The maximum atomic E-state index is 13.4. The molecule has 0 aromatic heterocycles. The van der Waals surface area contributed by atoms with Gasteiger partial charge in [0.2, 0.25) is 0 Å². The van der Waals surface area contributed by atoms with E-state index in [2.05, 4.69) is 15.9 Å². The molecule has 0 spiro atoms. The number of halogens is 5. The van der Waals surface area contributed by atoms with Crippen LogP contribution in [0.2, 0.25) is 0 Å². The molecule has 92 valence electrons. The number of hydrogen-bond acceptors (Lipinski definition) is 1. The first-order valence-corrected chi connectivity index (χ1v) is 4.98. The first-order chi connectivity index (χ1) is 7.71. The molecule has 1 aromatic carbocycles. The average Bonchev–Trinajstić information content (AvgIpc) is 2.17. The molecule has 0 heterocycles. The fourth-order valence-electron chi connectivity index (χ4n) is 1.10. The summed E-state index contributed by atoms with van der Waals surface area (Å²) in [5.74, 6) is -2.88. The first kappa shape index (κ1) is 13.7. The highest BCUT2D eigenvalue weighted by Crippen LogP contribution is 2.35. The fraction of sp³-hybridized carbons (Fsp3) is 0.100. The molecule has 17 heavy (non-hydrogen) atoms. The number of rotatable bonds is 2. The van der Waals surface area contributed by atoms with Crippen molar-refractivity contribution in [1.82, 2.24) is 0 Å². The van der Waals surface area contributed by atoms with E-state index in [1.165, 1.54) is 0 Å². The standard InChI is InChI=1S/C10H5BrF4O2/c11-6-3-5(1-2-8(16)17)9(12)7(4-6)10(13,14)15/h1-4H,(H,16,17)/b2-1+. The van der Waals surface area contributed by atoms with Gasteiger partial charge in [0.25, 0.3) is 0 Å². The Labute approximate surface area is 102 Å². The Bertz CT molecular complexity index is 480. The number of carbonyl (C=O) groups is 1. The number of aliphatic carboxylic acids is 1. The Balaban J connectivity index is 3.34. The average molecular weight is 313 g/mol. The predicted molar refractivity (Wildman–Crippen MR) is 55.8 cm³/mol. The third-order valence-electron chi connectivity index (χ3n) is 1.78. The zero-order valence-corrected chi connectivity index (χ0v) is 9.64. The van der Waals surface area contributed by atoms with E-state index < -0.39 is 29.1 Å². The van der Waals surface area contributed by atoms with Crippen LogP contribution in [0.3, 0.4) is 0 Å². The minimum atomic E-state index is -4.83. The molecule has 0 aliphatic rings. The maximum Gasteiger partial charge on any atom is 0.419 e. The van der Waals surface area contributed by atoms with Crippen molar-refractivity contribution in [3.05, 3.63) is 39.6 Å². The Morgan fingerprint density at radius 3 is 2.41 bits per heavy atom. The van der Waals surface area contributed by atoms with E-state index in [0.29, 0.717) is 12.1 Å². The molecule has 1 aromatic rings. The topological polar surface area (TPSA) is 37.3 Å². The van der Waals surface area contributed by atoms with E-state index >= 15 is 0 Å². The maximum absolute atomic E-state index is 13.4. The molecular weight excluding hydrogens is 308 g/mol. The van der Waals surface area contributed by atoms with Gasteiger partial charge in [0.05, 0.1) is 5.56 Å². The quantitative estimate of drug-likeness (QED) is 0.668. The van der Waals surface area contributed by atoms with E-state index in [1.807, 2.05) is 0 Å². The molecular formula is C10H5BrF4O2. The summed E-state index contributed by atoms with van der Waals surface area (Å²) in [6.07, 6.45) is -3.51. The smallest absolute Gasteiger partial charge is 0.419 e. The van der Waals surface area contributed by atoms with Crippen LogP contribution in [0, 0.1) is 5.82 Å². The SMILES string of the molecule is O=C(O)/C=C/c1cc(Br)cc(C(F)(F)F)c1F. The molecule has 0 unspecified atom stereocenters. The van der Waals surface area contributed by atoms with Crippen LogP contribution in [0.5, 0.6) is 0 Å². The van der Waals surface area contributed by atoms with E-state index in [1.54, 1.807) is 0 Å². The number of carboxylic acid groups (broad SMARTS) is 1. The molecule has 2 nitrogen and oxygen atoms in total. The highest BCUT2D eigenvalue weighted by molar-refractivity contribution is 9.10. The number of alkyl halides is 3. The lowest BCUT2D eigenvalue weighted by molar-refractivity contribution is -0.140. The van der Waals surface area contributed by atoms with Gasteiger partial charge in [0.15, 0.2) is 0 Å². The summed E-state index contributed by atoms with van der Waals surface area (Å²) in [6.45, 7) is 0. The Morgan fingerprint density at radius 2 is 1.94 bits per heavy atom. The largest absolute Gasteiger partial charge is 0.478 e. The second-order valence-electron chi connectivity index (χ2n) is 3.03. The van der Waals surface area contributed by atoms with Crippen molar-refractivity contribution in [3.63, 3.8) is 0 Å². The van der Waals surface area contributed by atoms with Crippen LogP contribution >= 0.6 is 15.9 Å². The van der Waals surface area contributed by atoms with Crippen molar-refractivity contribution in [2.75, 3.05) is 0 Å². The normalized spacial score (nSPS) is 12.1.